The molecule has 9 nitrogen and oxygen atoms in total. The molecule has 0 fully saturated rings. The largest absolute Gasteiger partial charge is 0.405 e. The second-order valence-corrected chi connectivity index (χ2v) is 7.36. The molecule has 10 heteroatoms. The lowest BCUT2D eigenvalue weighted by molar-refractivity contribution is 0.639. The molecule has 4 aromatic heterocycles. The Bertz CT molecular complexity index is 1360. The van der Waals surface area contributed by atoms with Crippen molar-refractivity contribution in [3.8, 4) is 0 Å². The zero-order chi connectivity index (χ0) is 19.8. The molecule has 4 rings (SSSR count). The van der Waals surface area contributed by atoms with E-state index in [1.54, 1.807) is 36.1 Å². The first kappa shape index (κ1) is 17.9. The molecule has 0 amide bonds. The molecule has 0 bridgehead atoms. The number of hydrogen-bond acceptors (Lipinski definition) is 7. The van der Waals surface area contributed by atoms with E-state index >= 15 is 0 Å². The predicted octanol–water partition coefficient (Wildman–Crippen LogP) is 1.12. The number of fused-ring (bicyclic) bond motifs is 3. The van der Waals surface area contributed by atoms with Crippen molar-refractivity contribution >= 4 is 38.3 Å². The van der Waals surface area contributed by atoms with Gasteiger partial charge in [0.1, 0.15) is 10.5 Å². The molecule has 4 aromatic rings. The fourth-order valence-electron chi connectivity index (χ4n) is 3.10. The Morgan fingerprint density at radius 3 is 3.00 bits per heavy atom. The van der Waals surface area contributed by atoms with E-state index in [9.17, 15) is 9.59 Å². The van der Waals surface area contributed by atoms with Crippen molar-refractivity contribution in [3.05, 3.63) is 68.1 Å². The molecule has 0 radical (unpaired) electrons. The van der Waals surface area contributed by atoms with Crippen LogP contribution in [-0.4, -0.2) is 30.0 Å². The highest BCUT2D eigenvalue weighted by Gasteiger charge is 2.18. The van der Waals surface area contributed by atoms with E-state index in [1.165, 1.54) is 28.3 Å². The van der Waals surface area contributed by atoms with Crippen LogP contribution in [0.2, 0.25) is 0 Å². The van der Waals surface area contributed by atoms with E-state index in [0.29, 0.717) is 34.2 Å². The first-order valence-corrected chi connectivity index (χ1v) is 9.27. The maximum Gasteiger partial charge on any atom is 0.291 e. The number of aromatic nitrogens is 5. The number of pyridine rings is 1. The first-order valence-electron chi connectivity index (χ1n) is 8.45. The van der Waals surface area contributed by atoms with Gasteiger partial charge in [0.15, 0.2) is 5.65 Å². The van der Waals surface area contributed by atoms with Gasteiger partial charge in [-0.1, -0.05) is 6.07 Å². The first-order chi connectivity index (χ1) is 13.5. The molecule has 0 spiro atoms. The van der Waals surface area contributed by atoms with Crippen LogP contribution < -0.4 is 16.9 Å². The number of nitrogens with one attached hydrogen (secondary N) is 2. The van der Waals surface area contributed by atoms with Gasteiger partial charge in [0, 0.05) is 36.3 Å². The molecule has 0 unspecified atom stereocenters. The van der Waals surface area contributed by atoms with Gasteiger partial charge in [-0.2, -0.15) is 5.10 Å². The van der Waals surface area contributed by atoms with Crippen LogP contribution in [0.25, 0.3) is 21.3 Å². The minimum atomic E-state index is -0.284. The Morgan fingerprint density at radius 1 is 1.43 bits per heavy atom. The standard InChI is InChI=1S/C18H17N7O2S/c1-24-14-12(15-16(24)23-13(28-15)7-11(20)4-5-19)8-22-25(18(14)27)9-10-3-2-6-21-17(10)26/h2-6,8,20H,7,9,19H2,1H3,(H,21,26)/b5-4-,20-11?. The van der Waals surface area contributed by atoms with Gasteiger partial charge in [-0.3, -0.25) is 9.59 Å². The third-order valence-electron chi connectivity index (χ3n) is 4.43. The van der Waals surface area contributed by atoms with Gasteiger partial charge < -0.3 is 20.7 Å². The number of aryl methyl sites for hydroxylation is 1. The summed E-state index contributed by atoms with van der Waals surface area (Å²) < 4.78 is 3.87. The molecule has 28 heavy (non-hydrogen) atoms. The van der Waals surface area contributed by atoms with Crippen LogP contribution in [0.3, 0.4) is 0 Å². The number of aromatic amines is 1. The van der Waals surface area contributed by atoms with Crippen LogP contribution in [0.15, 0.2) is 46.4 Å². The fourth-order valence-corrected chi connectivity index (χ4v) is 4.23. The second kappa shape index (κ2) is 6.89. The van der Waals surface area contributed by atoms with Gasteiger partial charge in [-0.15, -0.1) is 11.3 Å². The molecule has 142 valence electrons. The minimum Gasteiger partial charge on any atom is -0.405 e. The van der Waals surface area contributed by atoms with E-state index in [0.717, 1.165) is 9.71 Å². The maximum atomic E-state index is 13.0. The van der Waals surface area contributed by atoms with Crippen molar-refractivity contribution in [2.75, 3.05) is 0 Å². The smallest absolute Gasteiger partial charge is 0.291 e. The molecule has 0 aliphatic heterocycles. The van der Waals surface area contributed by atoms with Gasteiger partial charge in [0.05, 0.1) is 17.4 Å². The predicted molar refractivity (Wildman–Crippen MR) is 109 cm³/mol. The van der Waals surface area contributed by atoms with Crippen molar-refractivity contribution < 1.29 is 0 Å². The lowest BCUT2D eigenvalue weighted by Gasteiger charge is -2.05. The summed E-state index contributed by atoms with van der Waals surface area (Å²) in [6, 6.07) is 3.38. The van der Waals surface area contributed by atoms with Crippen molar-refractivity contribution in [1.82, 2.24) is 24.3 Å². The third kappa shape index (κ3) is 2.93. The summed E-state index contributed by atoms with van der Waals surface area (Å²) in [4.78, 5) is 32.0. The molecule has 4 heterocycles. The summed E-state index contributed by atoms with van der Waals surface area (Å²) in [5, 5.41) is 13.6. The van der Waals surface area contributed by atoms with E-state index in [-0.39, 0.29) is 17.7 Å². The number of nitrogens with zero attached hydrogens (tertiary/aromatic N) is 4. The lowest BCUT2D eigenvalue weighted by atomic mass is 10.3. The average molecular weight is 395 g/mol. The molecular formula is C18H17N7O2S. The monoisotopic (exact) mass is 395 g/mol. The van der Waals surface area contributed by atoms with E-state index < -0.39 is 0 Å². The molecule has 0 aliphatic carbocycles. The summed E-state index contributed by atoms with van der Waals surface area (Å²) >= 11 is 1.43. The summed E-state index contributed by atoms with van der Waals surface area (Å²) in [7, 11) is 1.78. The van der Waals surface area contributed by atoms with Crippen LogP contribution in [0.1, 0.15) is 10.6 Å². The van der Waals surface area contributed by atoms with E-state index in [2.05, 4.69) is 15.1 Å². The highest BCUT2D eigenvalue weighted by molar-refractivity contribution is 7.19. The highest BCUT2D eigenvalue weighted by atomic mass is 32.1. The Kier molecular flexibility index (Phi) is 4.40. The molecule has 0 aromatic carbocycles. The van der Waals surface area contributed by atoms with Gasteiger partial charge in [-0.05, 0) is 18.3 Å². The topological polar surface area (TPSA) is 135 Å². The number of nitrogens with two attached hydrogens (primary N) is 1. The van der Waals surface area contributed by atoms with Crippen LogP contribution in [0.4, 0.5) is 0 Å². The van der Waals surface area contributed by atoms with E-state index in [4.69, 9.17) is 11.1 Å². The molecule has 0 saturated heterocycles. The molecular weight excluding hydrogens is 378 g/mol. The van der Waals surface area contributed by atoms with Crippen molar-refractivity contribution in [1.29, 1.82) is 5.41 Å². The molecule has 0 saturated carbocycles. The molecule has 0 atom stereocenters. The molecule has 0 aliphatic rings. The van der Waals surface area contributed by atoms with Crippen molar-refractivity contribution in [2.45, 2.75) is 13.0 Å². The number of H-pyrrole nitrogens is 1. The van der Waals surface area contributed by atoms with Gasteiger partial charge in [-0.25, -0.2) is 9.67 Å². The third-order valence-corrected chi connectivity index (χ3v) is 5.51. The lowest BCUT2D eigenvalue weighted by Crippen LogP contribution is -2.27. The van der Waals surface area contributed by atoms with E-state index in [1.807, 2.05) is 0 Å². The fraction of sp³-hybridized carbons (Fsp3) is 0.167. The second-order valence-electron chi connectivity index (χ2n) is 6.27. The summed E-state index contributed by atoms with van der Waals surface area (Å²) in [5.41, 5.74) is 6.77. The van der Waals surface area contributed by atoms with Gasteiger partial charge in [0.25, 0.3) is 11.1 Å². The SMILES string of the molecule is Cn1c2nc(CC(=N)/C=C\N)sc2c2cnn(Cc3ccc[nH]c3=O)c(=O)c21. The highest BCUT2D eigenvalue weighted by Crippen LogP contribution is 2.31. The number of allylic oxidation sites excluding steroid dienone is 1. The summed E-state index contributed by atoms with van der Waals surface area (Å²) in [6.07, 6.45) is 6.40. The minimum absolute atomic E-state index is 0.0883. The Balaban J connectivity index is 1.80. The molecule has 4 N–H and O–H groups in total. The zero-order valence-electron chi connectivity index (χ0n) is 15.0. The quantitative estimate of drug-likeness (QED) is 0.435. The number of rotatable bonds is 5. The Labute approximate surface area is 162 Å². The van der Waals surface area contributed by atoms with Gasteiger partial charge in [0.2, 0.25) is 0 Å². The zero-order valence-corrected chi connectivity index (χ0v) is 15.8. The normalized spacial score (nSPS) is 11.8. The van der Waals surface area contributed by atoms with Crippen LogP contribution in [0, 0.1) is 5.41 Å². The van der Waals surface area contributed by atoms with Crippen LogP contribution in [0.5, 0.6) is 0 Å². The average Bonchev–Trinajstić information content (AvgIpc) is 3.18. The Hall–Kier alpha value is -3.53. The Morgan fingerprint density at radius 2 is 2.25 bits per heavy atom. The van der Waals surface area contributed by atoms with Crippen LogP contribution >= 0.6 is 11.3 Å². The van der Waals surface area contributed by atoms with Crippen LogP contribution in [-0.2, 0) is 20.0 Å². The summed E-state index contributed by atoms with van der Waals surface area (Å²) in [6.45, 7) is 0.0883. The number of hydrogen-bond donors (Lipinski definition) is 3. The van der Waals surface area contributed by atoms with Crippen molar-refractivity contribution in [3.63, 3.8) is 0 Å². The maximum absolute atomic E-state index is 13.0. The van der Waals surface area contributed by atoms with Gasteiger partial charge >= 0.3 is 0 Å². The van der Waals surface area contributed by atoms with Crippen molar-refractivity contribution in [2.24, 2.45) is 12.8 Å². The summed E-state index contributed by atoms with van der Waals surface area (Å²) in [5.74, 6) is 0. The number of thiazole rings is 1.